The van der Waals surface area contributed by atoms with Crippen LogP contribution >= 0.6 is 0 Å². The minimum atomic E-state index is -1.74. The average molecular weight is 587 g/mol. The van der Waals surface area contributed by atoms with Crippen LogP contribution in [-0.2, 0) is 39.1 Å². The fourth-order valence-electron chi connectivity index (χ4n) is 2.98. The van der Waals surface area contributed by atoms with Gasteiger partial charge in [-0.3, -0.25) is 0 Å². The van der Waals surface area contributed by atoms with Crippen LogP contribution in [0.25, 0.3) is 0 Å². The summed E-state index contributed by atoms with van der Waals surface area (Å²) in [6.45, 7) is 28.3. The topological polar surface area (TPSA) is 64.6 Å². The molecule has 1 atom stereocenters. The molecule has 7 nitrogen and oxygen atoms in total. The van der Waals surface area contributed by atoms with Crippen molar-refractivity contribution in [1.29, 1.82) is 0 Å². The summed E-state index contributed by atoms with van der Waals surface area (Å²) in [5.41, 5.74) is 1.13. The standard InChI is InChI=1S/C30H58O7Si2/c1-29(2,3)38(7,8)36-22-19-31-16-17-33-25-28(26-34-24-27-14-12-11-13-15-27)35-21-18-32-20-23-37-39(9,10)30(4,5)6/h11-15,28H,16-26H2,1-10H3. The van der Waals surface area contributed by atoms with Gasteiger partial charge in [0.25, 0.3) is 0 Å². The second-order valence-electron chi connectivity index (χ2n) is 13.0. The molecular weight excluding hydrogens is 528 g/mol. The Kier molecular flexibility index (Phi) is 16.8. The minimum absolute atomic E-state index is 0.178. The van der Waals surface area contributed by atoms with Crippen LogP contribution in [0.2, 0.25) is 36.3 Å². The number of benzene rings is 1. The lowest BCUT2D eigenvalue weighted by atomic mass is 10.2. The van der Waals surface area contributed by atoms with E-state index in [-0.39, 0.29) is 16.2 Å². The van der Waals surface area contributed by atoms with Gasteiger partial charge in [0, 0.05) is 0 Å². The molecule has 0 spiro atoms. The first-order valence-electron chi connectivity index (χ1n) is 14.4. The van der Waals surface area contributed by atoms with Crippen LogP contribution in [0.15, 0.2) is 30.3 Å². The summed E-state index contributed by atoms with van der Waals surface area (Å²) in [7, 11) is -3.47. The highest BCUT2D eigenvalue weighted by Crippen LogP contribution is 2.37. The SMILES string of the molecule is CC(C)(C)[Si](C)(C)OCCOCCOCC(COCc1ccccc1)OCCOCCO[Si](C)(C)C(C)(C)C. The second-order valence-corrected chi connectivity index (χ2v) is 22.6. The summed E-state index contributed by atoms with van der Waals surface area (Å²) in [6, 6.07) is 10.1. The van der Waals surface area contributed by atoms with Gasteiger partial charge in [0.2, 0.25) is 0 Å². The Morgan fingerprint density at radius 1 is 0.564 bits per heavy atom. The average Bonchev–Trinajstić information content (AvgIpc) is 2.83. The van der Waals surface area contributed by atoms with Gasteiger partial charge >= 0.3 is 0 Å². The summed E-state index contributed by atoms with van der Waals surface area (Å²) >= 11 is 0. The van der Waals surface area contributed by atoms with Gasteiger partial charge in [-0.1, -0.05) is 71.9 Å². The molecule has 0 saturated heterocycles. The molecule has 228 valence electrons. The summed E-state index contributed by atoms with van der Waals surface area (Å²) < 4.78 is 41.6. The molecule has 0 aliphatic rings. The Morgan fingerprint density at radius 3 is 1.51 bits per heavy atom. The Labute approximate surface area is 241 Å². The van der Waals surface area contributed by atoms with Gasteiger partial charge in [-0.25, -0.2) is 0 Å². The molecule has 0 amide bonds. The summed E-state index contributed by atoms with van der Waals surface area (Å²) in [5, 5.41) is 0.407. The smallest absolute Gasteiger partial charge is 0.192 e. The first-order valence-corrected chi connectivity index (χ1v) is 20.2. The zero-order chi connectivity index (χ0) is 29.4. The van der Waals surface area contributed by atoms with Crippen LogP contribution in [-0.4, -0.2) is 88.8 Å². The molecule has 0 aliphatic carbocycles. The highest BCUT2D eigenvalue weighted by atomic mass is 28.4. The molecule has 0 heterocycles. The molecule has 0 N–H and O–H groups in total. The van der Waals surface area contributed by atoms with E-state index < -0.39 is 16.6 Å². The third-order valence-electron chi connectivity index (χ3n) is 7.67. The minimum Gasteiger partial charge on any atom is -0.414 e. The predicted molar refractivity (Wildman–Crippen MR) is 165 cm³/mol. The molecule has 1 unspecified atom stereocenters. The Bertz CT molecular complexity index is 746. The van der Waals surface area contributed by atoms with E-state index in [1.807, 2.05) is 18.2 Å². The lowest BCUT2D eigenvalue weighted by Gasteiger charge is -2.36. The maximum Gasteiger partial charge on any atom is 0.192 e. The lowest BCUT2D eigenvalue weighted by molar-refractivity contribution is -0.0823. The van der Waals surface area contributed by atoms with Crippen LogP contribution in [0.1, 0.15) is 47.1 Å². The third-order valence-corrected chi connectivity index (χ3v) is 16.7. The van der Waals surface area contributed by atoms with Gasteiger partial charge < -0.3 is 32.5 Å². The zero-order valence-electron chi connectivity index (χ0n) is 26.6. The molecule has 0 saturated carbocycles. The zero-order valence-corrected chi connectivity index (χ0v) is 28.6. The Balaban J connectivity index is 2.29. The highest BCUT2D eigenvalue weighted by Gasteiger charge is 2.37. The van der Waals surface area contributed by atoms with Gasteiger partial charge in [0.15, 0.2) is 16.6 Å². The summed E-state index contributed by atoms with van der Waals surface area (Å²) in [5.74, 6) is 0. The van der Waals surface area contributed by atoms with Crippen molar-refractivity contribution >= 4 is 16.6 Å². The molecule has 0 aromatic heterocycles. The van der Waals surface area contributed by atoms with E-state index in [0.717, 1.165) is 5.56 Å². The Hall–Kier alpha value is -0.626. The van der Waals surface area contributed by atoms with Gasteiger partial charge in [-0.2, -0.15) is 0 Å². The maximum absolute atomic E-state index is 6.16. The van der Waals surface area contributed by atoms with E-state index >= 15 is 0 Å². The first kappa shape index (κ1) is 36.4. The largest absolute Gasteiger partial charge is 0.414 e. The van der Waals surface area contributed by atoms with Gasteiger partial charge in [-0.15, -0.1) is 0 Å². The highest BCUT2D eigenvalue weighted by molar-refractivity contribution is 6.74. The van der Waals surface area contributed by atoms with Crippen molar-refractivity contribution in [3.8, 4) is 0 Å². The van der Waals surface area contributed by atoms with Crippen molar-refractivity contribution in [3.05, 3.63) is 35.9 Å². The van der Waals surface area contributed by atoms with Crippen molar-refractivity contribution in [2.75, 3.05) is 66.1 Å². The number of hydrogen-bond acceptors (Lipinski definition) is 7. The molecule has 0 fully saturated rings. The first-order chi connectivity index (χ1) is 18.2. The number of ether oxygens (including phenoxy) is 5. The van der Waals surface area contributed by atoms with Crippen LogP contribution in [0.5, 0.6) is 0 Å². The molecule has 0 radical (unpaired) electrons. The van der Waals surface area contributed by atoms with Crippen molar-refractivity contribution in [2.45, 2.75) is 90.5 Å². The number of hydrogen-bond donors (Lipinski definition) is 0. The lowest BCUT2D eigenvalue weighted by Crippen LogP contribution is -2.41. The van der Waals surface area contributed by atoms with Crippen molar-refractivity contribution in [3.63, 3.8) is 0 Å². The molecule has 9 heteroatoms. The molecule has 0 aliphatic heterocycles. The normalized spacial score (nSPS) is 14.1. The molecule has 1 aromatic carbocycles. The van der Waals surface area contributed by atoms with Crippen molar-refractivity contribution < 1.29 is 32.5 Å². The molecule has 1 aromatic rings. The van der Waals surface area contributed by atoms with E-state index in [1.165, 1.54) is 0 Å². The van der Waals surface area contributed by atoms with Crippen LogP contribution < -0.4 is 0 Å². The van der Waals surface area contributed by atoms with E-state index in [2.05, 4.69) is 79.9 Å². The van der Waals surface area contributed by atoms with Gasteiger partial charge in [0.05, 0.1) is 72.7 Å². The van der Waals surface area contributed by atoms with Crippen LogP contribution in [0, 0.1) is 0 Å². The van der Waals surface area contributed by atoms with Crippen molar-refractivity contribution in [2.24, 2.45) is 0 Å². The monoisotopic (exact) mass is 586 g/mol. The van der Waals surface area contributed by atoms with Gasteiger partial charge in [0.1, 0.15) is 6.10 Å². The van der Waals surface area contributed by atoms with Gasteiger partial charge in [-0.05, 0) is 41.8 Å². The van der Waals surface area contributed by atoms with Crippen LogP contribution in [0.4, 0.5) is 0 Å². The fourth-order valence-corrected chi connectivity index (χ4v) is 5.04. The second kappa shape index (κ2) is 18.0. The fraction of sp³-hybridized carbons (Fsp3) is 0.800. The van der Waals surface area contributed by atoms with Crippen LogP contribution in [0.3, 0.4) is 0 Å². The predicted octanol–water partition coefficient (Wildman–Crippen LogP) is 6.68. The van der Waals surface area contributed by atoms with Crippen molar-refractivity contribution in [1.82, 2.24) is 0 Å². The number of rotatable bonds is 21. The summed E-state index contributed by atoms with van der Waals surface area (Å²) in [4.78, 5) is 0. The third kappa shape index (κ3) is 15.8. The summed E-state index contributed by atoms with van der Waals surface area (Å²) in [6.07, 6.45) is -0.178. The van der Waals surface area contributed by atoms with E-state index in [0.29, 0.717) is 72.7 Å². The molecule has 39 heavy (non-hydrogen) atoms. The van der Waals surface area contributed by atoms with E-state index in [4.69, 9.17) is 32.5 Å². The molecule has 0 bridgehead atoms. The van der Waals surface area contributed by atoms with E-state index in [9.17, 15) is 0 Å². The molecular formula is C30H58O7Si2. The quantitative estimate of drug-likeness (QED) is 0.118. The Morgan fingerprint density at radius 2 is 1.00 bits per heavy atom. The van der Waals surface area contributed by atoms with E-state index in [1.54, 1.807) is 0 Å². The maximum atomic E-state index is 6.16. The molecule has 1 rings (SSSR count).